The maximum absolute atomic E-state index is 12.3. The second-order valence-corrected chi connectivity index (χ2v) is 5.33. The summed E-state index contributed by atoms with van der Waals surface area (Å²) < 4.78 is 10.5. The normalized spacial score (nSPS) is 21.9. The minimum Gasteiger partial charge on any atom is -0.409 e. The third kappa shape index (κ3) is 6.31. The number of oxime groups is 1. The van der Waals surface area contributed by atoms with Crippen LogP contribution in [-0.2, 0) is 14.3 Å². The van der Waals surface area contributed by atoms with Gasteiger partial charge in [-0.2, -0.15) is 0 Å². The fourth-order valence-electron chi connectivity index (χ4n) is 2.45. The van der Waals surface area contributed by atoms with Crippen LogP contribution in [0.4, 0.5) is 0 Å². The Morgan fingerprint density at radius 3 is 2.71 bits per heavy atom. The lowest BCUT2D eigenvalue weighted by molar-refractivity contribution is -0.135. The van der Waals surface area contributed by atoms with Crippen molar-refractivity contribution in [2.45, 2.75) is 38.7 Å². The molecular weight excluding hydrogens is 274 g/mol. The summed E-state index contributed by atoms with van der Waals surface area (Å²) in [6.07, 6.45) is 3.12. The van der Waals surface area contributed by atoms with Crippen LogP contribution in [0, 0.1) is 5.92 Å². The second kappa shape index (κ2) is 9.57. The van der Waals surface area contributed by atoms with Crippen LogP contribution in [0.2, 0.25) is 0 Å². The minimum absolute atomic E-state index is 0.0951. The minimum atomic E-state index is 0.0951. The first-order chi connectivity index (χ1) is 10.1. The molecule has 0 radical (unpaired) electrons. The molecule has 1 aliphatic carbocycles. The quantitative estimate of drug-likeness (QED) is 0.269. The lowest BCUT2D eigenvalue weighted by Gasteiger charge is -2.35. The maximum atomic E-state index is 12.3. The second-order valence-electron chi connectivity index (χ2n) is 5.33. The van der Waals surface area contributed by atoms with E-state index in [0.717, 1.165) is 19.4 Å². The number of ether oxygens (including phenoxy) is 2. The molecule has 0 aromatic carbocycles. The van der Waals surface area contributed by atoms with Gasteiger partial charge in [-0.15, -0.1) is 0 Å². The Morgan fingerprint density at radius 1 is 1.43 bits per heavy atom. The van der Waals surface area contributed by atoms with Gasteiger partial charge in [0.05, 0.1) is 12.7 Å². The van der Waals surface area contributed by atoms with Gasteiger partial charge < -0.3 is 25.3 Å². The predicted molar refractivity (Wildman–Crippen MR) is 79.2 cm³/mol. The molecule has 0 bridgehead atoms. The Morgan fingerprint density at radius 2 is 2.14 bits per heavy atom. The van der Waals surface area contributed by atoms with E-state index in [1.165, 1.54) is 0 Å². The van der Waals surface area contributed by atoms with Crippen molar-refractivity contribution in [3.8, 4) is 0 Å². The third-order valence-electron chi connectivity index (χ3n) is 3.74. The Kier molecular flexibility index (Phi) is 8.07. The van der Waals surface area contributed by atoms with E-state index in [1.807, 2.05) is 6.92 Å². The molecule has 0 aliphatic heterocycles. The van der Waals surface area contributed by atoms with Crippen LogP contribution < -0.4 is 5.73 Å². The highest BCUT2D eigenvalue weighted by molar-refractivity contribution is 5.81. The molecule has 0 spiro atoms. The van der Waals surface area contributed by atoms with E-state index in [2.05, 4.69) is 5.16 Å². The van der Waals surface area contributed by atoms with Crippen molar-refractivity contribution in [1.29, 1.82) is 0 Å². The van der Waals surface area contributed by atoms with E-state index in [9.17, 15) is 4.79 Å². The summed E-state index contributed by atoms with van der Waals surface area (Å²) in [5.41, 5.74) is 5.45. The average molecular weight is 301 g/mol. The van der Waals surface area contributed by atoms with Crippen molar-refractivity contribution in [2.75, 3.05) is 33.4 Å². The van der Waals surface area contributed by atoms with Gasteiger partial charge in [-0.3, -0.25) is 4.79 Å². The van der Waals surface area contributed by atoms with Gasteiger partial charge in [0.15, 0.2) is 0 Å². The third-order valence-corrected chi connectivity index (χ3v) is 3.74. The Labute approximate surface area is 126 Å². The highest BCUT2D eigenvalue weighted by atomic mass is 16.5. The Bertz CT molecular complexity index is 343. The molecule has 7 heteroatoms. The Balaban J connectivity index is 2.36. The molecule has 122 valence electrons. The van der Waals surface area contributed by atoms with E-state index < -0.39 is 0 Å². The highest BCUT2D eigenvalue weighted by Gasteiger charge is 2.32. The van der Waals surface area contributed by atoms with Crippen LogP contribution in [0.3, 0.4) is 0 Å². The van der Waals surface area contributed by atoms with Gasteiger partial charge in [0.2, 0.25) is 5.91 Å². The molecule has 7 nitrogen and oxygen atoms in total. The molecule has 0 aromatic rings. The highest BCUT2D eigenvalue weighted by Crippen LogP contribution is 2.33. The fraction of sp³-hybridized carbons (Fsp3) is 0.857. The van der Waals surface area contributed by atoms with Crippen LogP contribution >= 0.6 is 0 Å². The maximum Gasteiger partial charge on any atom is 0.222 e. The van der Waals surface area contributed by atoms with Crippen LogP contribution in [0.5, 0.6) is 0 Å². The average Bonchev–Trinajstić information content (AvgIpc) is 2.44. The topological polar surface area (TPSA) is 97.4 Å². The molecule has 3 N–H and O–H groups in total. The molecule has 1 amide bonds. The molecule has 0 atom stereocenters. The zero-order valence-electron chi connectivity index (χ0n) is 13.0. The van der Waals surface area contributed by atoms with E-state index in [1.54, 1.807) is 12.0 Å². The molecule has 0 aromatic heterocycles. The number of carbonyl (C=O) groups excluding carboxylic acids is 1. The molecule has 1 rings (SSSR count). The number of nitrogens with two attached hydrogens (primary N) is 1. The van der Waals surface area contributed by atoms with Gasteiger partial charge >= 0.3 is 0 Å². The van der Waals surface area contributed by atoms with Gasteiger partial charge in [-0.05, 0) is 25.7 Å². The lowest BCUT2D eigenvalue weighted by atomic mass is 9.79. The molecule has 1 fully saturated rings. The van der Waals surface area contributed by atoms with Crippen molar-refractivity contribution in [1.82, 2.24) is 4.90 Å². The first-order valence-corrected chi connectivity index (χ1v) is 7.45. The first kappa shape index (κ1) is 17.7. The number of amides is 1. The number of carbonyl (C=O) groups is 1. The van der Waals surface area contributed by atoms with Gasteiger partial charge in [0.25, 0.3) is 0 Å². The summed E-state index contributed by atoms with van der Waals surface area (Å²) in [7, 11) is 1.60. The monoisotopic (exact) mass is 301 g/mol. The largest absolute Gasteiger partial charge is 0.409 e. The van der Waals surface area contributed by atoms with Crippen LogP contribution in [0.15, 0.2) is 5.16 Å². The lowest BCUT2D eigenvalue weighted by Crippen LogP contribution is -2.40. The summed E-state index contributed by atoms with van der Waals surface area (Å²) in [5.74, 6) is 0.631. The molecule has 1 aliphatic rings. The smallest absolute Gasteiger partial charge is 0.222 e. The first-order valence-electron chi connectivity index (χ1n) is 7.45. The fourth-order valence-corrected chi connectivity index (χ4v) is 2.45. The molecule has 1 saturated carbocycles. The summed E-state index contributed by atoms with van der Waals surface area (Å²) in [4.78, 5) is 14.0. The van der Waals surface area contributed by atoms with Gasteiger partial charge in [0, 0.05) is 39.6 Å². The van der Waals surface area contributed by atoms with Crippen LogP contribution in [-0.4, -0.2) is 61.4 Å². The van der Waals surface area contributed by atoms with Crippen LogP contribution in [0.1, 0.15) is 32.6 Å². The number of methoxy groups -OCH3 is 1. The standard InChI is InChI=1S/C14H27N3O4/c1-3-21-12-8-11(9-12)10-14(18)17(6-7-20-2)5-4-13(15)16-19/h11-12,19H,3-10H2,1-2H3,(H2,15,16). The number of rotatable bonds is 10. The predicted octanol–water partition coefficient (Wildman–Crippen LogP) is 0.803. The zero-order chi connectivity index (χ0) is 15.7. The van der Waals surface area contributed by atoms with E-state index in [-0.39, 0.29) is 11.7 Å². The molecule has 21 heavy (non-hydrogen) atoms. The number of amidine groups is 1. The number of hydrogen-bond acceptors (Lipinski definition) is 5. The zero-order valence-corrected chi connectivity index (χ0v) is 13.0. The summed E-state index contributed by atoms with van der Waals surface area (Å²) in [6, 6.07) is 0. The van der Waals surface area contributed by atoms with Crippen molar-refractivity contribution in [3.63, 3.8) is 0 Å². The van der Waals surface area contributed by atoms with Crippen molar-refractivity contribution in [2.24, 2.45) is 16.8 Å². The van der Waals surface area contributed by atoms with Gasteiger partial charge in [-0.1, -0.05) is 5.16 Å². The summed E-state index contributed by atoms with van der Waals surface area (Å²) in [5, 5.41) is 11.5. The molecular formula is C14H27N3O4. The number of nitrogens with zero attached hydrogens (tertiary/aromatic N) is 2. The molecule has 0 heterocycles. The van der Waals surface area contributed by atoms with Crippen molar-refractivity contribution in [3.05, 3.63) is 0 Å². The summed E-state index contributed by atoms with van der Waals surface area (Å²) >= 11 is 0. The number of hydrogen-bond donors (Lipinski definition) is 2. The molecule has 0 unspecified atom stereocenters. The van der Waals surface area contributed by atoms with E-state index in [4.69, 9.17) is 20.4 Å². The summed E-state index contributed by atoms with van der Waals surface area (Å²) in [6.45, 7) is 4.16. The van der Waals surface area contributed by atoms with E-state index >= 15 is 0 Å². The van der Waals surface area contributed by atoms with Crippen molar-refractivity contribution < 1.29 is 19.5 Å². The van der Waals surface area contributed by atoms with Gasteiger partial charge in [-0.25, -0.2) is 0 Å². The Hall–Kier alpha value is -1.34. The van der Waals surface area contributed by atoms with Gasteiger partial charge in [0.1, 0.15) is 5.84 Å². The van der Waals surface area contributed by atoms with Crippen molar-refractivity contribution >= 4 is 11.7 Å². The SMILES string of the molecule is CCOC1CC(CC(=O)N(CCOC)CCC(N)=NO)C1. The van der Waals surface area contributed by atoms with E-state index in [0.29, 0.717) is 44.6 Å². The molecule has 0 saturated heterocycles. The van der Waals surface area contributed by atoms with Crippen LogP contribution in [0.25, 0.3) is 0 Å².